The Bertz CT molecular complexity index is 434. The van der Waals surface area contributed by atoms with Gasteiger partial charge in [-0.3, -0.25) is 9.59 Å². The minimum atomic E-state index is -0.318. The van der Waals surface area contributed by atoms with E-state index in [9.17, 15) is 9.59 Å². The molecule has 0 aliphatic carbocycles. The molecule has 20 heavy (non-hydrogen) atoms. The van der Waals surface area contributed by atoms with Crippen molar-refractivity contribution in [1.29, 1.82) is 0 Å². The fourth-order valence-corrected chi connectivity index (χ4v) is 1.75. The summed E-state index contributed by atoms with van der Waals surface area (Å²) in [5.41, 5.74) is 0.926. The first-order valence-electron chi connectivity index (χ1n) is 6.94. The molecule has 0 aliphatic rings. The molecular weight excluding hydrogens is 256 g/mol. The Kier molecular flexibility index (Phi) is 6.77. The molecule has 0 saturated heterocycles. The van der Waals surface area contributed by atoms with Gasteiger partial charge in [-0.05, 0) is 38.5 Å². The first-order chi connectivity index (χ1) is 9.51. The summed E-state index contributed by atoms with van der Waals surface area (Å²) in [4.78, 5) is 22.9. The third-order valence-electron chi connectivity index (χ3n) is 2.61. The minimum absolute atomic E-state index is 0.0376. The topological polar surface area (TPSA) is 52.6 Å². The number of esters is 1. The molecule has 1 aromatic rings. The number of rotatable bonds is 8. The molecule has 0 bridgehead atoms. The average Bonchev–Trinajstić information content (AvgIpc) is 2.38. The van der Waals surface area contributed by atoms with Crippen molar-refractivity contribution < 1.29 is 19.1 Å². The van der Waals surface area contributed by atoms with Gasteiger partial charge >= 0.3 is 5.97 Å². The van der Waals surface area contributed by atoms with Crippen LogP contribution >= 0.6 is 0 Å². The molecule has 110 valence electrons. The van der Waals surface area contributed by atoms with E-state index < -0.39 is 0 Å². The number of carbonyl (C=O) groups excluding carboxylic acids is 2. The normalized spacial score (nSPS) is 10.4. The minimum Gasteiger partial charge on any atom is -0.491 e. The van der Waals surface area contributed by atoms with Crippen molar-refractivity contribution in [1.82, 2.24) is 0 Å². The molecule has 0 amide bonds. The van der Waals surface area contributed by atoms with E-state index in [1.54, 1.807) is 6.92 Å². The molecule has 0 aliphatic heterocycles. The van der Waals surface area contributed by atoms with E-state index in [1.165, 1.54) is 0 Å². The van der Waals surface area contributed by atoms with E-state index in [-0.39, 0.29) is 30.7 Å². The van der Waals surface area contributed by atoms with E-state index in [2.05, 4.69) is 0 Å². The monoisotopic (exact) mass is 278 g/mol. The number of Topliss-reactive ketones (excluding diaryl/α,β-unsaturated/α-hetero) is 1. The van der Waals surface area contributed by atoms with Crippen LogP contribution in [-0.2, 0) is 20.7 Å². The molecule has 0 spiro atoms. The zero-order valence-corrected chi connectivity index (χ0v) is 12.3. The first-order valence-corrected chi connectivity index (χ1v) is 6.94. The summed E-state index contributed by atoms with van der Waals surface area (Å²) in [6.07, 6.45) is 0.845. The van der Waals surface area contributed by atoms with Gasteiger partial charge in [-0.2, -0.15) is 0 Å². The van der Waals surface area contributed by atoms with E-state index in [0.717, 1.165) is 11.3 Å². The van der Waals surface area contributed by atoms with Crippen LogP contribution in [0.15, 0.2) is 24.3 Å². The quantitative estimate of drug-likeness (QED) is 0.686. The molecule has 0 N–H and O–H groups in total. The van der Waals surface area contributed by atoms with Crippen LogP contribution in [0.4, 0.5) is 0 Å². The van der Waals surface area contributed by atoms with Crippen molar-refractivity contribution >= 4 is 11.8 Å². The molecule has 0 radical (unpaired) electrons. The summed E-state index contributed by atoms with van der Waals surface area (Å²) in [7, 11) is 0. The lowest BCUT2D eigenvalue weighted by atomic mass is 10.1. The average molecular weight is 278 g/mol. The summed E-state index contributed by atoms with van der Waals surface area (Å²) >= 11 is 0. The van der Waals surface area contributed by atoms with E-state index in [0.29, 0.717) is 13.0 Å². The van der Waals surface area contributed by atoms with Gasteiger partial charge in [0.1, 0.15) is 11.5 Å². The molecule has 0 fully saturated rings. The van der Waals surface area contributed by atoms with Crippen molar-refractivity contribution in [2.45, 2.75) is 46.1 Å². The summed E-state index contributed by atoms with van der Waals surface area (Å²) in [6.45, 7) is 6.03. The predicted molar refractivity (Wildman–Crippen MR) is 76.8 cm³/mol. The van der Waals surface area contributed by atoms with E-state index in [1.807, 2.05) is 38.1 Å². The Labute approximate surface area is 120 Å². The van der Waals surface area contributed by atoms with Crippen molar-refractivity contribution in [3.63, 3.8) is 0 Å². The molecule has 0 atom stereocenters. The zero-order chi connectivity index (χ0) is 15.0. The first kappa shape index (κ1) is 16.2. The largest absolute Gasteiger partial charge is 0.491 e. The molecule has 0 saturated carbocycles. The Balaban J connectivity index is 2.40. The molecule has 0 heterocycles. The van der Waals surface area contributed by atoms with Gasteiger partial charge in [-0.15, -0.1) is 0 Å². The number of hydrogen-bond acceptors (Lipinski definition) is 4. The Morgan fingerprint density at radius 1 is 1.10 bits per heavy atom. The van der Waals surface area contributed by atoms with Gasteiger partial charge in [0.15, 0.2) is 0 Å². The maximum Gasteiger partial charge on any atom is 0.306 e. The van der Waals surface area contributed by atoms with Crippen LogP contribution in [0.3, 0.4) is 0 Å². The molecule has 4 nitrogen and oxygen atoms in total. The Morgan fingerprint density at radius 2 is 1.75 bits per heavy atom. The summed E-state index contributed by atoms with van der Waals surface area (Å²) in [6, 6.07) is 7.46. The summed E-state index contributed by atoms with van der Waals surface area (Å²) in [5, 5.41) is 0. The zero-order valence-electron chi connectivity index (χ0n) is 12.3. The number of ketones is 1. The van der Waals surface area contributed by atoms with Crippen LogP contribution in [0.1, 0.15) is 39.2 Å². The van der Waals surface area contributed by atoms with Crippen molar-refractivity contribution in [3.05, 3.63) is 29.8 Å². The predicted octanol–water partition coefficient (Wildman–Crippen LogP) is 2.93. The lowest BCUT2D eigenvalue weighted by molar-refractivity contribution is -0.144. The van der Waals surface area contributed by atoms with Gasteiger partial charge < -0.3 is 9.47 Å². The van der Waals surface area contributed by atoms with Gasteiger partial charge in [0.25, 0.3) is 0 Å². The second-order valence-corrected chi connectivity index (χ2v) is 4.83. The van der Waals surface area contributed by atoms with Crippen LogP contribution in [0, 0.1) is 0 Å². The second-order valence-electron chi connectivity index (χ2n) is 4.83. The van der Waals surface area contributed by atoms with Gasteiger partial charge in [0.05, 0.1) is 19.1 Å². The number of carbonyl (C=O) groups is 2. The van der Waals surface area contributed by atoms with Gasteiger partial charge in [0.2, 0.25) is 0 Å². The van der Waals surface area contributed by atoms with Crippen LogP contribution in [0.2, 0.25) is 0 Å². The maximum atomic E-state index is 11.7. The van der Waals surface area contributed by atoms with E-state index in [4.69, 9.17) is 9.47 Å². The number of ether oxygens (including phenoxy) is 2. The molecule has 1 rings (SSSR count). The number of hydrogen-bond donors (Lipinski definition) is 0. The highest BCUT2D eigenvalue weighted by Crippen LogP contribution is 2.14. The van der Waals surface area contributed by atoms with Crippen LogP contribution in [0.5, 0.6) is 5.75 Å². The standard InChI is InChI=1S/C16H22O4/c1-4-19-16(18)10-7-14(17)11-13-5-8-15(9-6-13)20-12(2)3/h5-6,8-9,12H,4,7,10-11H2,1-3H3. The van der Waals surface area contributed by atoms with Gasteiger partial charge in [0, 0.05) is 12.8 Å². The number of benzene rings is 1. The molecular formula is C16H22O4. The van der Waals surface area contributed by atoms with Crippen molar-refractivity contribution in [2.75, 3.05) is 6.61 Å². The molecule has 4 heteroatoms. The van der Waals surface area contributed by atoms with Gasteiger partial charge in [-0.1, -0.05) is 12.1 Å². The van der Waals surface area contributed by atoms with Crippen molar-refractivity contribution in [3.8, 4) is 5.75 Å². The molecule has 0 unspecified atom stereocenters. The Hall–Kier alpha value is -1.84. The summed E-state index contributed by atoms with van der Waals surface area (Å²) in [5.74, 6) is 0.514. The van der Waals surface area contributed by atoms with E-state index >= 15 is 0 Å². The smallest absolute Gasteiger partial charge is 0.306 e. The fraction of sp³-hybridized carbons (Fsp3) is 0.500. The lowest BCUT2D eigenvalue weighted by Crippen LogP contribution is -2.09. The Morgan fingerprint density at radius 3 is 2.30 bits per heavy atom. The third kappa shape index (κ3) is 6.36. The highest BCUT2D eigenvalue weighted by atomic mass is 16.5. The highest BCUT2D eigenvalue weighted by Gasteiger charge is 2.08. The molecule has 1 aromatic carbocycles. The highest BCUT2D eigenvalue weighted by molar-refractivity contribution is 5.84. The SMILES string of the molecule is CCOC(=O)CCC(=O)Cc1ccc(OC(C)C)cc1. The van der Waals surface area contributed by atoms with Crippen LogP contribution in [0.25, 0.3) is 0 Å². The van der Waals surface area contributed by atoms with Crippen LogP contribution in [-0.4, -0.2) is 24.5 Å². The summed E-state index contributed by atoms with van der Waals surface area (Å²) < 4.78 is 10.3. The molecule has 0 aromatic heterocycles. The van der Waals surface area contributed by atoms with Gasteiger partial charge in [-0.25, -0.2) is 0 Å². The lowest BCUT2D eigenvalue weighted by Gasteiger charge is -2.09. The van der Waals surface area contributed by atoms with Crippen LogP contribution < -0.4 is 4.74 Å². The fourth-order valence-electron chi connectivity index (χ4n) is 1.75. The third-order valence-corrected chi connectivity index (χ3v) is 2.61. The second kappa shape index (κ2) is 8.35. The maximum absolute atomic E-state index is 11.7. The van der Waals surface area contributed by atoms with Crippen molar-refractivity contribution in [2.24, 2.45) is 0 Å².